The van der Waals surface area contributed by atoms with Crippen molar-refractivity contribution in [3.05, 3.63) is 28.8 Å². The molecule has 1 heterocycles. The zero-order valence-corrected chi connectivity index (χ0v) is 10.4. The van der Waals surface area contributed by atoms with Crippen molar-refractivity contribution in [2.24, 2.45) is 5.92 Å². The minimum absolute atomic E-state index is 0.288. The number of halogens is 1. The second kappa shape index (κ2) is 5.07. The van der Waals surface area contributed by atoms with Crippen molar-refractivity contribution in [2.75, 3.05) is 24.6 Å². The number of nitrogens with zero attached hydrogens (tertiary/aromatic N) is 1. The van der Waals surface area contributed by atoms with Crippen LogP contribution >= 0.6 is 11.6 Å². The van der Waals surface area contributed by atoms with Crippen LogP contribution in [0.3, 0.4) is 0 Å². The second-order valence-corrected chi connectivity index (χ2v) is 4.93. The fourth-order valence-electron chi connectivity index (χ4n) is 2.37. The summed E-state index contributed by atoms with van der Waals surface area (Å²) in [5.74, 6) is 0.409. The molecular formula is C13H18ClNO. The van der Waals surface area contributed by atoms with Gasteiger partial charge in [-0.05, 0) is 43.4 Å². The lowest BCUT2D eigenvalue weighted by Gasteiger charge is -2.34. The number of rotatable bonds is 2. The van der Waals surface area contributed by atoms with Gasteiger partial charge in [0.2, 0.25) is 0 Å². The fraction of sp³-hybridized carbons (Fsp3) is 0.538. The zero-order chi connectivity index (χ0) is 11.5. The first-order valence-electron chi connectivity index (χ1n) is 5.83. The van der Waals surface area contributed by atoms with Crippen LogP contribution in [0.4, 0.5) is 5.69 Å². The van der Waals surface area contributed by atoms with Crippen LogP contribution < -0.4 is 4.90 Å². The summed E-state index contributed by atoms with van der Waals surface area (Å²) in [6.45, 7) is 4.35. The van der Waals surface area contributed by atoms with Crippen molar-refractivity contribution in [3.8, 4) is 0 Å². The minimum Gasteiger partial charge on any atom is -0.396 e. The average Bonchev–Trinajstić information content (AvgIpc) is 2.33. The molecular weight excluding hydrogens is 222 g/mol. The molecule has 1 aliphatic heterocycles. The molecule has 1 aromatic carbocycles. The largest absolute Gasteiger partial charge is 0.396 e. The van der Waals surface area contributed by atoms with E-state index in [1.165, 1.54) is 5.69 Å². The predicted molar refractivity (Wildman–Crippen MR) is 68.2 cm³/mol. The van der Waals surface area contributed by atoms with Crippen LogP contribution in [0.25, 0.3) is 0 Å². The number of benzene rings is 1. The van der Waals surface area contributed by atoms with E-state index in [-0.39, 0.29) is 6.61 Å². The molecule has 1 saturated heterocycles. The minimum atomic E-state index is 0.288. The molecule has 1 aliphatic rings. The van der Waals surface area contributed by atoms with Gasteiger partial charge in [0.05, 0.1) is 0 Å². The van der Waals surface area contributed by atoms with E-state index in [9.17, 15) is 5.11 Å². The number of aliphatic hydroxyl groups is 1. The Morgan fingerprint density at radius 1 is 1.50 bits per heavy atom. The number of piperidine rings is 1. The number of hydrogen-bond donors (Lipinski definition) is 1. The van der Waals surface area contributed by atoms with Crippen LogP contribution in [0.5, 0.6) is 0 Å². The van der Waals surface area contributed by atoms with Crippen LogP contribution in [-0.2, 0) is 0 Å². The van der Waals surface area contributed by atoms with Crippen LogP contribution in [0.2, 0.25) is 5.02 Å². The lowest BCUT2D eigenvalue weighted by molar-refractivity contribution is 0.208. The van der Waals surface area contributed by atoms with E-state index in [0.29, 0.717) is 5.92 Å². The SMILES string of the molecule is Cc1c(Cl)cccc1N1CCCC(CO)C1. The Bertz CT molecular complexity index is 367. The summed E-state index contributed by atoms with van der Waals surface area (Å²) in [6, 6.07) is 6.03. The summed E-state index contributed by atoms with van der Waals surface area (Å²) < 4.78 is 0. The highest BCUT2D eigenvalue weighted by Gasteiger charge is 2.20. The van der Waals surface area contributed by atoms with Crippen LogP contribution in [0, 0.1) is 12.8 Å². The summed E-state index contributed by atoms with van der Waals surface area (Å²) in [4.78, 5) is 2.34. The Labute approximate surface area is 102 Å². The standard InChI is InChI=1S/C13H18ClNO/c1-10-12(14)5-2-6-13(10)15-7-3-4-11(8-15)9-16/h2,5-6,11,16H,3-4,7-9H2,1H3. The van der Waals surface area contributed by atoms with Gasteiger partial charge in [0, 0.05) is 30.4 Å². The molecule has 0 radical (unpaired) electrons. The lowest BCUT2D eigenvalue weighted by atomic mass is 9.98. The molecule has 0 aromatic heterocycles. The second-order valence-electron chi connectivity index (χ2n) is 4.52. The Morgan fingerprint density at radius 3 is 3.06 bits per heavy atom. The van der Waals surface area contributed by atoms with Crippen molar-refractivity contribution >= 4 is 17.3 Å². The molecule has 1 atom stereocenters. The van der Waals surface area contributed by atoms with E-state index in [1.807, 2.05) is 12.1 Å². The van der Waals surface area contributed by atoms with Gasteiger partial charge in [0.25, 0.3) is 0 Å². The molecule has 88 valence electrons. The maximum Gasteiger partial charge on any atom is 0.0476 e. The van der Waals surface area contributed by atoms with Gasteiger partial charge in [-0.3, -0.25) is 0 Å². The van der Waals surface area contributed by atoms with E-state index in [1.54, 1.807) is 0 Å². The Balaban J connectivity index is 2.20. The first kappa shape index (κ1) is 11.7. The van der Waals surface area contributed by atoms with Gasteiger partial charge < -0.3 is 10.0 Å². The molecule has 1 aromatic rings. The van der Waals surface area contributed by atoms with Crippen LogP contribution in [-0.4, -0.2) is 24.8 Å². The highest BCUT2D eigenvalue weighted by molar-refractivity contribution is 6.31. The predicted octanol–water partition coefficient (Wildman–Crippen LogP) is 2.86. The first-order valence-corrected chi connectivity index (χ1v) is 6.21. The molecule has 0 spiro atoms. The molecule has 2 rings (SSSR count). The lowest BCUT2D eigenvalue weighted by Crippen LogP contribution is -2.37. The normalized spacial score (nSPS) is 21.2. The average molecular weight is 240 g/mol. The van der Waals surface area contributed by atoms with E-state index in [4.69, 9.17) is 11.6 Å². The maximum absolute atomic E-state index is 9.23. The van der Waals surface area contributed by atoms with Crippen LogP contribution in [0.15, 0.2) is 18.2 Å². The molecule has 16 heavy (non-hydrogen) atoms. The van der Waals surface area contributed by atoms with Crippen molar-refractivity contribution < 1.29 is 5.11 Å². The van der Waals surface area contributed by atoms with E-state index < -0.39 is 0 Å². The van der Waals surface area contributed by atoms with Gasteiger partial charge >= 0.3 is 0 Å². The molecule has 0 aliphatic carbocycles. The first-order chi connectivity index (χ1) is 7.72. The third-order valence-electron chi connectivity index (χ3n) is 3.36. The van der Waals surface area contributed by atoms with Crippen molar-refractivity contribution in [2.45, 2.75) is 19.8 Å². The summed E-state index contributed by atoms with van der Waals surface area (Å²) in [7, 11) is 0. The quantitative estimate of drug-likeness (QED) is 0.858. The molecule has 1 fully saturated rings. The Kier molecular flexibility index (Phi) is 3.72. The van der Waals surface area contributed by atoms with Crippen molar-refractivity contribution in [3.63, 3.8) is 0 Å². The monoisotopic (exact) mass is 239 g/mol. The Hall–Kier alpha value is -0.730. The van der Waals surface area contributed by atoms with E-state index >= 15 is 0 Å². The highest BCUT2D eigenvalue weighted by Crippen LogP contribution is 2.29. The molecule has 0 saturated carbocycles. The molecule has 1 N–H and O–H groups in total. The summed E-state index contributed by atoms with van der Waals surface area (Å²) in [6.07, 6.45) is 2.28. The van der Waals surface area contributed by atoms with Gasteiger partial charge in [0.15, 0.2) is 0 Å². The third kappa shape index (κ3) is 2.33. The molecule has 1 unspecified atom stereocenters. The number of anilines is 1. The summed E-state index contributed by atoms with van der Waals surface area (Å²) in [5.41, 5.74) is 2.36. The van der Waals surface area contributed by atoms with Crippen LogP contribution in [0.1, 0.15) is 18.4 Å². The topological polar surface area (TPSA) is 23.5 Å². The van der Waals surface area contributed by atoms with E-state index in [0.717, 1.165) is 36.5 Å². The smallest absolute Gasteiger partial charge is 0.0476 e. The molecule has 0 amide bonds. The number of hydrogen-bond acceptors (Lipinski definition) is 2. The van der Waals surface area contributed by atoms with Gasteiger partial charge in [-0.1, -0.05) is 17.7 Å². The van der Waals surface area contributed by atoms with Gasteiger partial charge in [0.1, 0.15) is 0 Å². The summed E-state index contributed by atoms with van der Waals surface area (Å²) in [5, 5.41) is 10.0. The molecule has 3 heteroatoms. The van der Waals surface area contributed by atoms with Crippen molar-refractivity contribution in [1.29, 1.82) is 0 Å². The van der Waals surface area contributed by atoms with Gasteiger partial charge in [-0.15, -0.1) is 0 Å². The maximum atomic E-state index is 9.23. The third-order valence-corrected chi connectivity index (χ3v) is 3.77. The zero-order valence-electron chi connectivity index (χ0n) is 9.62. The van der Waals surface area contributed by atoms with Crippen molar-refractivity contribution in [1.82, 2.24) is 0 Å². The van der Waals surface area contributed by atoms with Gasteiger partial charge in [-0.2, -0.15) is 0 Å². The summed E-state index contributed by atoms with van der Waals surface area (Å²) >= 11 is 6.13. The highest BCUT2D eigenvalue weighted by atomic mass is 35.5. The Morgan fingerprint density at radius 2 is 2.31 bits per heavy atom. The fourth-order valence-corrected chi connectivity index (χ4v) is 2.54. The van der Waals surface area contributed by atoms with Gasteiger partial charge in [-0.25, -0.2) is 0 Å². The molecule has 0 bridgehead atoms. The number of aliphatic hydroxyl groups excluding tert-OH is 1. The molecule has 2 nitrogen and oxygen atoms in total. The van der Waals surface area contributed by atoms with E-state index in [2.05, 4.69) is 17.9 Å².